The van der Waals surface area contributed by atoms with Gasteiger partial charge >= 0.3 is 0 Å². The first-order chi connectivity index (χ1) is 8.74. The molecule has 2 rings (SSSR count). The van der Waals surface area contributed by atoms with Gasteiger partial charge in [0.1, 0.15) is 0 Å². The molecule has 1 N–H and O–H groups in total. The molecule has 0 amide bonds. The van der Waals surface area contributed by atoms with Crippen LogP contribution in [-0.2, 0) is 6.54 Å². The fraction of sp³-hybridized carbons (Fsp3) is 0.733. The highest BCUT2D eigenvalue weighted by atomic mass is 32.1. The quantitative estimate of drug-likeness (QED) is 0.849. The summed E-state index contributed by atoms with van der Waals surface area (Å²) in [4.78, 5) is 3.87. The van der Waals surface area contributed by atoms with Gasteiger partial charge in [0.25, 0.3) is 0 Å². The summed E-state index contributed by atoms with van der Waals surface area (Å²) in [6, 6.07) is 5.12. The van der Waals surface area contributed by atoms with Gasteiger partial charge in [-0.3, -0.25) is 0 Å². The van der Waals surface area contributed by atoms with Crippen molar-refractivity contribution in [3.8, 4) is 0 Å². The summed E-state index contributed by atoms with van der Waals surface area (Å²) in [7, 11) is 2.21. The molecule has 102 valence electrons. The van der Waals surface area contributed by atoms with Crippen LogP contribution >= 0.6 is 11.3 Å². The molecular formula is C15H26N2S. The molecule has 1 heterocycles. The predicted molar refractivity (Wildman–Crippen MR) is 80.1 cm³/mol. The van der Waals surface area contributed by atoms with E-state index < -0.39 is 0 Å². The van der Waals surface area contributed by atoms with Gasteiger partial charge in [-0.1, -0.05) is 25.8 Å². The van der Waals surface area contributed by atoms with Gasteiger partial charge in [-0.05, 0) is 37.3 Å². The molecule has 1 aliphatic rings. The van der Waals surface area contributed by atoms with E-state index in [0.717, 1.165) is 31.6 Å². The minimum Gasteiger partial charge on any atom is -0.313 e. The first-order valence-electron chi connectivity index (χ1n) is 7.18. The van der Waals surface area contributed by atoms with Crippen LogP contribution in [0.4, 0.5) is 0 Å². The molecule has 1 aromatic rings. The van der Waals surface area contributed by atoms with Crippen LogP contribution in [0.3, 0.4) is 0 Å². The lowest BCUT2D eigenvalue weighted by Gasteiger charge is -2.28. The van der Waals surface area contributed by atoms with Crippen LogP contribution in [0.1, 0.15) is 37.5 Å². The second kappa shape index (κ2) is 7.27. The van der Waals surface area contributed by atoms with E-state index in [-0.39, 0.29) is 0 Å². The molecule has 2 atom stereocenters. The van der Waals surface area contributed by atoms with Crippen LogP contribution in [-0.4, -0.2) is 31.1 Å². The van der Waals surface area contributed by atoms with E-state index in [9.17, 15) is 0 Å². The molecule has 1 saturated carbocycles. The second-order valence-electron chi connectivity index (χ2n) is 5.74. The number of thiophene rings is 1. The van der Waals surface area contributed by atoms with Crippen LogP contribution in [0.2, 0.25) is 0 Å². The van der Waals surface area contributed by atoms with E-state index in [1.165, 1.54) is 30.6 Å². The van der Waals surface area contributed by atoms with Crippen molar-refractivity contribution in [3.63, 3.8) is 0 Å². The number of nitrogens with zero attached hydrogens (tertiary/aromatic N) is 1. The summed E-state index contributed by atoms with van der Waals surface area (Å²) in [5.41, 5.74) is 0. The Morgan fingerprint density at radius 3 is 3.06 bits per heavy atom. The van der Waals surface area contributed by atoms with Gasteiger partial charge in [-0.25, -0.2) is 0 Å². The molecule has 1 fully saturated rings. The van der Waals surface area contributed by atoms with Gasteiger partial charge in [0.2, 0.25) is 0 Å². The predicted octanol–water partition coefficient (Wildman–Crippen LogP) is 3.35. The third kappa shape index (κ3) is 4.71. The minimum atomic E-state index is 0.767. The van der Waals surface area contributed by atoms with Gasteiger partial charge in [0.15, 0.2) is 0 Å². The van der Waals surface area contributed by atoms with Crippen LogP contribution in [0.25, 0.3) is 0 Å². The largest absolute Gasteiger partial charge is 0.313 e. The fourth-order valence-corrected chi connectivity index (χ4v) is 3.61. The highest BCUT2D eigenvalue weighted by Gasteiger charge is 2.17. The van der Waals surface area contributed by atoms with Crippen molar-refractivity contribution in [2.75, 3.05) is 20.1 Å². The molecule has 3 heteroatoms. The van der Waals surface area contributed by atoms with E-state index in [1.54, 1.807) is 0 Å². The first-order valence-corrected chi connectivity index (χ1v) is 8.06. The molecule has 0 bridgehead atoms. The number of likely N-dealkylation sites (N-methyl/N-ethyl adjacent to an activating group) is 1. The highest BCUT2D eigenvalue weighted by molar-refractivity contribution is 7.09. The average molecular weight is 266 g/mol. The number of rotatable bonds is 6. The molecule has 0 radical (unpaired) electrons. The van der Waals surface area contributed by atoms with Gasteiger partial charge in [-0.2, -0.15) is 0 Å². The first kappa shape index (κ1) is 14.0. The Morgan fingerprint density at radius 1 is 1.44 bits per heavy atom. The Morgan fingerprint density at radius 2 is 2.33 bits per heavy atom. The Labute approximate surface area is 115 Å². The van der Waals surface area contributed by atoms with Crippen molar-refractivity contribution in [1.82, 2.24) is 10.2 Å². The molecule has 0 saturated heterocycles. The van der Waals surface area contributed by atoms with Crippen molar-refractivity contribution in [2.45, 2.75) is 45.2 Å². The topological polar surface area (TPSA) is 15.3 Å². The maximum absolute atomic E-state index is 3.72. The molecular weight excluding hydrogens is 240 g/mol. The fourth-order valence-electron chi connectivity index (χ4n) is 2.83. The number of hydrogen-bond donors (Lipinski definition) is 1. The lowest BCUT2D eigenvalue weighted by atomic mass is 9.87. The molecule has 2 nitrogen and oxygen atoms in total. The van der Waals surface area contributed by atoms with Crippen LogP contribution in [0, 0.1) is 5.92 Å². The maximum Gasteiger partial charge on any atom is 0.0325 e. The van der Waals surface area contributed by atoms with Crippen molar-refractivity contribution < 1.29 is 0 Å². The Hall–Kier alpha value is -0.380. The third-order valence-electron chi connectivity index (χ3n) is 3.87. The Kier molecular flexibility index (Phi) is 5.67. The van der Waals surface area contributed by atoms with Gasteiger partial charge in [-0.15, -0.1) is 11.3 Å². The van der Waals surface area contributed by atoms with E-state index in [4.69, 9.17) is 0 Å². The van der Waals surface area contributed by atoms with Gasteiger partial charge in [0, 0.05) is 30.6 Å². The number of hydrogen-bond acceptors (Lipinski definition) is 3. The van der Waals surface area contributed by atoms with Crippen LogP contribution in [0.5, 0.6) is 0 Å². The molecule has 2 unspecified atom stereocenters. The van der Waals surface area contributed by atoms with E-state index in [2.05, 4.69) is 41.7 Å². The number of nitrogens with one attached hydrogen (secondary N) is 1. The summed E-state index contributed by atoms with van der Waals surface area (Å²) in [6.45, 7) is 5.74. The summed E-state index contributed by atoms with van der Waals surface area (Å²) >= 11 is 1.85. The van der Waals surface area contributed by atoms with Gasteiger partial charge in [0.05, 0.1) is 0 Å². The highest BCUT2D eigenvalue weighted by Crippen LogP contribution is 2.23. The van der Waals surface area contributed by atoms with Gasteiger partial charge < -0.3 is 10.2 Å². The van der Waals surface area contributed by atoms with Crippen molar-refractivity contribution in [2.24, 2.45) is 5.92 Å². The van der Waals surface area contributed by atoms with Crippen molar-refractivity contribution in [1.29, 1.82) is 0 Å². The molecule has 0 aromatic carbocycles. The zero-order chi connectivity index (χ0) is 12.8. The molecule has 0 spiro atoms. The van der Waals surface area contributed by atoms with Crippen molar-refractivity contribution >= 4 is 11.3 Å². The zero-order valence-electron chi connectivity index (χ0n) is 11.7. The monoisotopic (exact) mass is 266 g/mol. The zero-order valence-corrected chi connectivity index (χ0v) is 12.5. The Bertz CT molecular complexity index is 323. The van der Waals surface area contributed by atoms with Crippen molar-refractivity contribution in [3.05, 3.63) is 22.4 Å². The molecule has 0 aliphatic heterocycles. The summed E-state index contributed by atoms with van der Waals surface area (Å²) < 4.78 is 0. The SMILES string of the molecule is CC1CCCC(NCCN(C)Cc2cccs2)C1. The van der Waals surface area contributed by atoms with Crippen LogP contribution in [0.15, 0.2) is 17.5 Å². The summed E-state index contributed by atoms with van der Waals surface area (Å²) in [5.74, 6) is 0.917. The van der Waals surface area contributed by atoms with E-state index in [1.807, 2.05) is 11.3 Å². The Balaban J connectivity index is 1.59. The van der Waals surface area contributed by atoms with Crippen LogP contribution < -0.4 is 5.32 Å². The average Bonchev–Trinajstić information content (AvgIpc) is 2.82. The minimum absolute atomic E-state index is 0.767. The summed E-state index contributed by atoms with van der Waals surface area (Å²) in [6.07, 6.45) is 5.58. The molecule has 1 aliphatic carbocycles. The second-order valence-corrected chi connectivity index (χ2v) is 6.77. The third-order valence-corrected chi connectivity index (χ3v) is 4.73. The molecule has 1 aromatic heterocycles. The van der Waals surface area contributed by atoms with E-state index in [0.29, 0.717) is 0 Å². The lowest BCUT2D eigenvalue weighted by Crippen LogP contribution is -2.38. The van der Waals surface area contributed by atoms with E-state index >= 15 is 0 Å². The normalized spacial score (nSPS) is 24.6. The molecule has 18 heavy (non-hydrogen) atoms. The maximum atomic E-state index is 3.72. The lowest BCUT2D eigenvalue weighted by molar-refractivity contribution is 0.275. The summed E-state index contributed by atoms with van der Waals surface area (Å²) in [5, 5.41) is 5.88. The standard InChI is InChI=1S/C15H26N2S/c1-13-5-3-6-14(11-13)16-8-9-17(2)12-15-7-4-10-18-15/h4,7,10,13-14,16H,3,5-6,8-9,11-12H2,1-2H3. The smallest absolute Gasteiger partial charge is 0.0325 e.